The van der Waals surface area contributed by atoms with Crippen LogP contribution in [0.3, 0.4) is 0 Å². The lowest BCUT2D eigenvalue weighted by molar-refractivity contribution is 0.0691. The number of aromatic nitrogens is 3. The van der Waals surface area contributed by atoms with E-state index >= 15 is 0 Å². The molecule has 0 atom stereocenters. The van der Waals surface area contributed by atoms with Crippen molar-refractivity contribution in [1.29, 1.82) is 0 Å². The third-order valence-corrected chi connectivity index (χ3v) is 3.31. The molecule has 0 spiro atoms. The summed E-state index contributed by atoms with van der Waals surface area (Å²) in [5.41, 5.74) is 0.630. The summed E-state index contributed by atoms with van der Waals surface area (Å²) < 4.78 is 28.4. The third-order valence-electron chi connectivity index (χ3n) is 3.31. The predicted octanol–water partition coefficient (Wildman–Crippen LogP) is 2.97. The first kappa shape index (κ1) is 14.8. The van der Waals surface area contributed by atoms with Gasteiger partial charge in [-0.3, -0.25) is 0 Å². The monoisotopic (exact) mass is 315 g/mol. The Morgan fingerprint density at radius 1 is 1.13 bits per heavy atom. The molecule has 5 nitrogen and oxygen atoms in total. The molecule has 0 fully saturated rings. The number of halogens is 2. The number of carboxylic acid groups (broad SMARTS) is 1. The van der Waals surface area contributed by atoms with Gasteiger partial charge in [0.1, 0.15) is 17.3 Å². The van der Waals surface area contributed by atoms with Crippen LogP contribution in [0.4, 0.5) is 8.78 Å². The molecule has 0 radical (unpaired) electrons. The first-order chi connectivity index (χ1) is 11.1. The van der Waals surface area contributed by atoms with Crippen LogP contribution in [0.2, 0.25) is 0 Å². The Bertz CT molecular complexity index is 863. The summed E-state index contributed by atoms with van der Waals surface area (Å²) in [6.45, 7) is -0.131. The van der Waals surface area contributed by atoms with Gasteiger partial charge in [-0.1, -0.05) is 35.5 Å². The maximum absolute atomic E-state index is 13.8. The number of hydrogen-bond acceptors (Lipinski definition) is 3. The highest BCUT2D eigenvalue weighted by Gasteiger charge is 2.21. The molecular weight excluding hydrogens is 304 g/mol. The van der Waals surface area contributed by atoms with Crippen molar-refractivity contribution in [2.24, 2.45) is 0 Å². The van der Waals surface area contributed by atoms with E-state index in [1.807, 2.05) is 0 Å². The first-order valence-corrected chi connectivity index (χ1v) is 6.72. The fourth-order valence-electron chi connectivity index (χ4n) is 2.28. The summed E-state index contributed by atoms with van der Waals surface area (Å²) in [6, 6.07) is 11.7. The number of carbonyl (C=O) groups is 1. The normalized spacial score (nSPS) is 10.7. The van der Waals surface area contributed by atoms with Crippen molar-refractivity contribution in [1.82, 2.24) is 15.0 Å². The Morgan fingerprint density at radius 2 is 1.87 bits per heavy atom. The topological polar surface area (TPSA) is 68.0 Å². The van der Waals surface area contributed by atoms with Gasteiger partial charge < -0.3 is 5.11 Å². The van der Waals surface area contributed by atoms with Crippen molar-refractivity contribution in [3.05, 3.63) is 71.4 Å². The molecule has 0 bridgehead atoms. The number of nitrogens with zero attached hydrogens (tertiary/aromatic N) is 3. The van der Waals surface area contributed by atoms with Gasteiger partial charge in [0.2, 0.25) is 0 Å². The molecule has 1 N–H and O–H groups in total. The van der Waals surface area contributed by atoms with E-state index in [2.05, 4.69) is 10.3 Å². The smallest absolute Gasteiger partial charge is 0.358 e. The molecule has 2 aromatic carbocycles. The zero-order valence-electron chi connectivity index (χ0n) is 11.8. The van der Waals surface area contributed by atoms with E-state index in [9.17, 15) is 18.7 Å². The number of rotatable bonds is 4. The van der Waals surface area contributed by atoms with E-state index in [-0.39, 0.29) is 23.5 Å². The quantitative estimate of drug-likeness (QED) is 0.803. The molecule has 0 unspecified atom stereocenters. The Kier molecular flexibility index (Phi) is 3.84. The van der Waals surface area contributed by atoms with Crippen LogP contribution in [0.5, 0.6) is 0 Å². The van der Waals surface area contributed by atoms with Crippen LogP contribution < -0.4 is 0 Å². The van der Waals surface area contributed by atoms with Gasteiger partial charge in [-0.15, -0.1) is 5.10 Å². The Labute approximate surface area is 129 Å². The second kappa shape index (κ2) is 5.96. The standard InChI is InChI=1S/C16H11F2N3O2/c17-12-6-7-13(18)11(8-12)9-21-15(10-4-2-1-3-5-10)14(16(22)23)19-20-21/h1-8H,9H2,(H,22,23). The molecule has 116 valence electrons. The van der Waals surface area contributed by atoms with Crippen molar-refractivity contribution in [2.75, 3.05) is 0 Å². The third kappa shape index (κ3) is 2.94. The van der Waals surface area contributed by atoms with Crippen molar-refractivity contribution >= 4 is 5.97 Å². The Hall–Kier alpha value is -3.09. The largest absolute Gasteiger partial charge is 0.476 e. The zero-order valence-corrected chi connectivity index (χ0v) is 11.8. The molecule has 0 saturated carbocycles. The van der Waals surface area contributed by atoms with Gasteiger partial charge in [0.05, 0.1) is 6.54 Å². The van der Waals surface area contributed by atoms with Crippen LogP contribution in [-0.4, -0.2) is 26.1 Å². The van der Waals surface area contributed by atoms with Gasteiger partial charge in [0, 0.05) is 11.1 Å². The molecule has 0 amide bonds. The highest BCUT2D eigenvalue weighted by Crippen LogP contribution is 2.23. The average molecular weight is 315 g/mol. The molecular formula is C16H11F2N3O2. The highest BCUT2D eigenvalue weighted by atomic mass is 19.1. The zero-order chi connectivity index (χ0) is 16.4. The van der Waals surface area contributed by atoms with Crippen molar-refractivity contribution in [2.45, 2.75) is 6.54 Å². The number of aromatic carboxylic acids is 1. The number of carboxylic acids is 1. The maximum Gasteiger partial charge on any atom is 0.358 e. The van der Waals surface area contributed by atoms with Crippen molar-refractivity contribution in [3.8, 4) is 11.3 Å². The fourth-order valence-corrected chi connectivity index (χ4v) is 2.28. The summed E-state index contributed by atoms with van der Waals surface area (Å²) in [4.78, 5) is 11.3. The molecule has 3 aromatic rings. The second-order valence-corrected chi connectivity index (χ2v) is 4.85. The fraction of sp³-hybridized carbons (Fsp3) is 0.0625. The Balaban J connectivity index is 2.10. The molecule has 23 heavy (non-hydrogen) atoms. The van der Waals surface area contributed by atoms with Crippen molar-refractivity contribution < 1.29 is 18.7 Å². The van der Waals surface area contributed by atoms with Crippen LogP contribution in [0.1, 0.15) is 16.1 Å². The minimum Gasteiger partial charge on any atom is -0.476 e. The van der Waals surface area contributed by atoms with E-state index in [0.29, 0.717) is 5.56 Å². The van der Waals surface area contributed by atoms with Gasteiger partial charge in [-0.2, -0.15) is 0 Å². The SMILES string of the molecule is O=C(O)c1nnn(Cc2cc(F)ccc2F)c1-c1ccccc1. The molecule has 1 aromatic heterocycles. The summed E-state index contributed by atoms with van der Waals surface area (Å²) in [7, 11) is 0. The summed E-state index contributed by atoms with van der Waals surface area (Å²) in [6.07, 6.45) is 0. The molecule has 1 heterocycles. The van der Waals surface area contributed by atoms with Crippen LogP contribution in [0.15, 0.2) is 48.5 Å². The minimum atomic E-state index is -1.24. The van der Waals surface area contributed by atoms with Gasteiger partial charge in [-0.05, 0) is 18.2 Å². The Morgan fingerprint density at radius 3 is 2.57 bits per heavy atom. The van der Waals surface area contributed by atoms with Gasteiger partial charge >= 0.3 is 5.97 Å². The first-order valence-electron chi connectivity index (χ1n) is 6.72. The average Bonchev–Trinajstić information content (AvgIpc) is 2.95. The molecule has 0 aliphatic carbocycles. The van der Waals surface area contributed by atoms with Gasteiger partial charge in [0.25, 0.3) is 0 Å². The van der Waals surface area contributed by atoms with E-state index in [0.717, 1.165) is 18.2 Å². The van der Waals surface area contributed by atoms with Gasteiger partial charge in [0.15, 0.2) is 5.69 Å². The van der Waals surface area contributed by atoms with Crippen molar-refractivity contribution in [3.63, 3.8) is 0 Å². The molecule has 0 aliphatic rings. The lowest BCUT2D eigenvalue weighted by Crippen LogP contribution is -2.07. The highest BCUT2D eigenvalue weighted by molar-refractivity contribution is 5.92. The lowest BCUT2D eigenvalue weighted by Gasteiger charge is -2.08. The summed E-state index contributed by atoms with van der Waals surface area (Å²) >= 11 is 0. The molecule has 0 aliphatic heterocycles. The summed E-state index contributed by atoms with van der Waals surface area (Å²) in [5, 5.41) is 16.7. The molecule has 7 heteroatoms. The van der Waals surface area contributed by atoms with Crippen LogP contribution >= 0.6 is 0 Å². The predicted molar refractivity (Wildman–Crippen MR) is 77.9 cm³/mol. The van der Waals surface area contributed by atoms with E-state index in [1.54, 1.807) is 30.3 Å². The number of hydrogen-bond donors (Lipinski definition) is 1. The van der Waals surface area contributed by atoms with Gasteiger partial charge in [-0.25, -0.2) is 18.3 Å². The maximum atomic E-state index is 13.8. The van der Waals surface area contributed by atoms with Crippen LogP contribution in [-0.2, 0) is 6.54 Å². The van der Waals surface area contributed by atoms with E-state index in [1.165, 1.54) is 4.68 Å². The lowest BCUT2D eigenvalue weighted by atomic mass is 10.1. The summed E-state index contributed by atoms with van der Waals surface area (Å²) in [5.74, 6) is -2.42. The van der Waals surface area contributed by atoms with E-state index < -0.39 is 17.6 Å². The van der Waals surface area contributed by atoms with E-state index in [4.69, 9.17) is 0 Å². The van der Waals surface area contributed by atoms with Crippen LogP contribution in [0, 0.1) is 11.6 Å². The minimum absolute atomic E-state index is 0.0593. The number of benzene rings is 2. The second-order valence-electron chi connectivity index (χ2n) is 4.85. The molecule has 3 rings (SSSR count). The van der Waals surface area contributed by atoms with Crippen LogP contribution in [0.25, 0.3) is 11.3 Å². The molecule has 0 saturated heterocycles.